The molecule has 152 valence electrons. The number of aliphatic hydroxyl groups is 2. The summed E-state index contributed by atoms with van der Waals surface area (Å²) >= 11 is 0. The zero-order valence-electron chi connectivity index (χ0n) is 17.1. The van der Waals surface area contributed by atoms with Crippen molar-refractivity contribution < 1.29 is 10.2 Å². The van der Waals surface area contributed by atoms with Crippen LogP contribution in [0.1, 0.15) is 30.0 Å². The minimum Gasteiger partial charge on any atom is -0.393 e. The van der Waals surface area contributed by atoms with Crippen LogP contribution in [0.4, 0.5) is 0 Å². The first-order valence-corrected chi connectivity index (χ1v) is 10.3. The van der Waals surface area contributed by atoms with Gasteiger partial charge in [0.05, 0.1) is 12.2 Å². The third kappa shape index (κ3) is 6.82. The van der Waals surface area contributed by atoms with Gasteiger partial charge in [-0.1, -0.05) is 91.0 Å². The van der Waals surface area contributed by atoms with Gasteiger partial charge in [0.25, 0.3) is 0 Å². The van der Waals surface area contributed by atoms with Gasteiger partial charge in [-0.15, -0.1) is 0 Å². The summed E-state index contributed by atoms with van der Waals surface area (Å²) in [7, 11) is 0. The van der Waals surface area contributed by atoms with Gasteiger partial charge in [-0.25, -0.2) is 0 Å². The monoisotopic (exact) mass is 389 g/mol. The van der Waals surface area contributed by atoms with E-state index in [2.05, 4.69) is 65.6 Å². The molecule has 0 aliphatic heterocycles. The summed E-state index contributed by atoms with van der Waals surface area (Å²) in [5.41, 5.74) is 3.62. The van der Waals surface area contributed by atoms with Crippen LogP contribution in [0.25, 0.3) is 0 Å². The molecular weight excluding hydrogens is 358 g/mol. The summed E-state index contributed by atoms with van der Waals surface area (Å²) in [6, 6.07) is 30.9. The molecule has 3 atom stereocenters. The van der Waals surface area contributed by atoms with Gasteiger partial charge >= 0.3 is 0 Å². The molecule has 0 fully saturated rings. The molecule has 0 amide bonds. The number of rotatable bonds is 10. The van der Waals surface area contributed by atoms with Gasteiger partial charge in [-0.2, -0.15) is 0 Å². The summed E-state index contributed by atoms with van der Waals surface area (Å²) in [6.07, 6.45) is -0.0763. The predicted molar refractivity (Wildman–Crippen MR) is 118 cm³/mol. The average Bonchev–Trinajstić information content (AvgIpc) is 2.73. The first kappa shape index (κ1) is 21.3. The third-order valence-corrected chi connectivity index (χ3v) is 5.24. The van der Waals surface area contributed by atoms with Crippen LogP contribution in [0.3, 0.4) is 0 Å². The molecule has 0 bridgehead atoms. The molecule has 29 heavy (non-hydrogen) atoms. The second-order valence-electron chi connectivity index (χ2n) is 7.79. The van der Waals surface area contributed by atoms with E-state index in [1.807, 2.05) is 30.3 Å². The second-order valence-corrected chi connectivity index (χ2v) is 7.79. The van der Waals surface area contributed by atoms with E-state index in [1.165, 1.54) is 16.7 Å². The van der Waals surface area contributed by atoms with Crippen LogP contribution in [-0.4, -0.2) is 33.4 Å². The minimum atomic E-state index is -0.623. The van der Waals surface area contributed by atoms with Gasteiger partial charge in [-0.3, -0.25) is 4.90 Å². The standard InChI is InChI=1S/C26H31NO2/c1-21(28)17-26(29)25(18-22-11-5-2-6-12-22)27(19-23-13-7-3-8-14-23)20-24-15-9-4-10-16-24/h2-16,21,25-26,28-29H,17-20H2,1H3/t21-,25+,26-/m1/s1. The number of hydrogen-bond acceptors (Lipinski definition) is 3. The molecule has 0 aliphatic carbocycles. The molecule has 3 aromatic rings. The number of aliphatic hydroxyl groups excluding tert-OH is 2. The van der Waals surface area contributed by atoms with Crippen LogP contribution in [0.15, 0.2) is 91.0 Å². The molecule has 3 aromatic carbocycles. The lowest BCUT2D eigenvalue weighted by molar-refractivity contribution is 0.00878. The van der Waals surface area contributed by atoms with E-state index in [0.29, 0.717) is 6.42 Å². The van der Waals surface area contributed by atoms with Crippen LogP contribution in [0, 0.1) is 0 Å². The topological polar surface area (TPSA) is 43.7 Å². The lowest BCUT2D eigenvalue weighted by Gasteiger charge is -2.36. The molecule has 2 N–H and O–H groups in total. The van der Waals surface area contributed by atoms with Gasteiger partial charge in [0.15, 0.2) is 0 Å². The van der Waals surface area contributed by atoms with Crippen LogP contribution >= 0.6 is 0 Å². The van der Waals surface area contributed by atoms with Crippen molar-refractivity contribution in [3.8, 4) is 0 Å². The Morgan fingerprint density at radius 3 is 1.48 bits per heavy atom. The largest absolute Gasteiger partial charge is 0.393 e. The Bertz CT molecular complexity index is 780. The smallest absolute Gasteiger partial charge is 0.0723 e. The molecule has 0 saturated carbocycles. The van der Waals surface area contributed by atoms with Gasteiger partial charge in [0.2, 0.25) is 0 Å². The molecule has 0 radical (unpaired) electrons. The summed E-state index contributed by atoms with van der Waals surface area (Å²) in [5.74, 6) is 0. The van der Waals surface area contributed by atoms with Crippen molar-refractivity contribution in [1.82, 2.24) is 4.90 Å². The fourth-order valence-corrected chi connectivity index (χ4v) is 3.80. The number of hydrogen-bond donors (Lipinski definition) is 2. The molecule has 0 unspecified atom stereocenters. The Balaban J connectivity index is 1.90. The molecule has 3 rings (SSSR count). The van der Waals surface area contributed by atoms with E-state index in [-0.39, 0.29) is 6.04 Å². The molecule has 0 spiro atoms. The molecule has 3 heteroatoms. The quantitative estimate of drug-likeness (QED) is 0.539. The van der Waals surface area contributed by atoms with Crippen molar-refractivity contribution in [2.24, 2.45) is 0 Å². The van der Waals surface area contributed by atoms with Gasteiger partial charge in [0.1, 0.15) is 0 Å². The SMILES string of the molecule is C[C@@H](O)C[C@@H](O)[C@H](Cc1ccccc1)N(Cc1ccccc1)Cc1ccccc1. The molecule has 0 aliphatic rings. The highest BCUT2D eigenvalue weighted by Crippen LogP contribution is 2.21. The molecule has 0 aromatic heterocycles. The Labute approximate surface area is 174 Å². The van der Waals surface area contributed by atoms with Crippen LogP contribution in [-0.2, 0) is 19.5 Å². The van der Waals surface area contributed by atoms with E-state index in [9.17, 15) is 10.2 Å². The average molecular weight is 390 g/mol. The lowest BCUT2D eigenvalue weighted by Crippen LogP contribution is -2.45. The Morgan fingerprint density at radius 2 is 1.07 bits per heavy atom. The van der Waals surface area contributed by atoms with Crippen LogP contribution < -0.4 is 0 Å². The zero-order chi connectivity index (χ0) is 20.5. The van der Waals surface area contributed by atoms with Crippen molar-refractivity contribution in [3.63, 3.8) is 0 Å². The first-order chi connectivity index (χ1) is 14.1. The zero-order valence-corrected chi connectivity index (χ0v) is 17.1. The summed E-state index contributed by atoms with van der Waals surface area (Å²) in [4.78, 5) is 2.34. The van der Waals surface area contributed by atoms with E-state index in [1.54, 1.807) is 6.92 Å². The number of benzene rings is 3. The fraction of sp³-hybridized carbons (Fsp3) is 0.308. The van der Waals surface area contributed by atoms with E-state index >= 15 is 0 Å². The van der Waals surface area contributed by atoms with Crippen molar-refractivity contribution in [2.75, 3.05) is 0 Å². The van der Waals surface area contributed by atoms with Crippen molar-refractivity contribution in [3.05, 3.63) is 108 Å². The Morgan fingerprint density at radius 1 is 0.655 bits per heavy atom. The Hall–Kier alpha value is -2.46. The highest BCUT2D eigenvalue weighted by Gasteiger charge is 2.27. The third-order valence-electron chi connectivity index (χ3n) is 5.24. The minimum absolute atomic E-state index is 0.104. The summed E-state index contributed by atoms with van der Waals surface area (Å²) in [6.45, 7) is 3.22. The first-order valence-electron chi connectivity index (χ1n) is 10.3. The van der Waals surface area contributed by atoms with E-state index < -0.39 is 12.2 Å². The highest BCUT2D eigenvalue weighted by molar-refractivity contribution is 5.20. The van der Waals surface area contributed by atoms with Crippen molar-refractivity contribution in [2.45, 2.75) is 51.1 Å². The van der Waals surface area contributed by atoms with Crippen molar-refractivity contribution >= 4 is 0 Å². The second kappa shape index (κ2) is 10.9. The molecular formula is C26H31NO2. The van der Waals surface area contributed by atoms with E-state index in [4.69, 9.17) is 0 Å². The lowest BCUT2D eigenvalue weighted by atomic mass is 9.95. The number of nitrogens with zero attached hydrogens (tertiary/aromatic N) is 1. The predicted octanol–water partition coefficient (Wildman–Crippen LogP) is 4.43. The molecule has 0 heterocycles. The van der Waals surface area contributed by atoms with Gasteiger partial charge in [0, 0.05) is 25.6 Å². The summed E-state index contributed by atoms with van der Waals surface area (Å²) in [5, 5.41) is 21.0. The fourth-order valence-electron chi connectivity index (χ4n) is 3.80. The highest BCUT2D eigenvalue weighted by atomic mass is 16.3. The molecule has 0 saturated heterocycles. The summed E-state index contributed by atoms with van der Waals surface area (Å²) < 4.78 is 0. The van der Waals surface area contributed by atoms with Gasteiger partial charge in [-0.05, 0) is 30.0 Å². The van der Waals surface area contributed by atoms with E-state index in [0.717, 1.165) is 19.5 Å². The van der Waals surface area contributed by atoms with Crippen LogP contribution in [0.2, 0.25) is 0 Å². The van der Waals surface area contributed by atoms with Gasteiger partial charge < -0.3 is 10.2 Å². The van der Waals surface area contributed by atoms with Crippen LogP contribution in [0.5, 0.6) is 0 Å². The normalized spacial score (nSPS) is 14.5. The Kier molecular flexibility index (Phi) is 8.00. The maximum atomic E-state index is 11.1. The maximum absolute atomic E-state index is 11.1. The molecule has 3 nitrogen and oxygen atoms in total. The maximum Gasteiger partial charge on any atom is 0.0723 e. The van der Waals surface area contributed by atoms with Crippen molar-refractivity contribution in [1.29, 1.82) is 0 Å².